The molecule has 2 aliphatic rings. The first-order chi connectivity index (χ1) is 9.07. The highest BCUT2D eigenvalue weighted by Gasteiger charge is 2.45. The van der Waals surface area contributed by atoms with E-state index in [1.54, 1.807) is 0 Å². The smallest absolute Gasteiger partial charge is 0.230 e. The van der Waals surface area contributed by atoms with Crippen LogP contribution < -0.4 is 5.73 Å². The fourth-order valence-electron chi connectivity index (χ4n) is 2.96. The van der Waals surface area contributed by atoms with Crippen molar-refractivity contribution in [3.63, 3.8) is 0 Å². The molecule has 5 nitrogen and oxygen atoms in total. The second-order valence-corrected chi connectivity index (χ2v) is 6.28. The molecule has 2 fully saturated rings. The Hall–Kier alpha value is -0.650. The highest BCUT2D eigenvalue weighted by atomic mass is 16.2. The Bertz CT molecular complexity index is 301. The van der Waals surface area contributed by atoms with E-state index in [4.69, 9.17) is 5.73 Å². The summed E-state index contributed by atoms with van der Waals surface area (Å²) >= 11 is 0. The molecular formula is C14H28N4O. The van der Waals surface area contributed by atoms with E-state index in [0.29, 0.717) is 12.5 Å². The van der Waals surface area contributed by atoms with Gasteiger partial charge in [-0.3, -0.25) is 9.69 Å². The lowest BCUT2D eigenvalue weighted by Gasteiger charge is -2.45. The van der Waals surface area contributed by atoms with Crippen LogP contribution in [-0.4, -0.2) is 80.5 Å². The van der Waals surface area contributed by atoms with E-state index < -0.39 is 0 Å². The molecule has 2 rings (SSSR count). The van der Waals surface area contributed by atoms with Gasteiger partial charge in [-0.1, -0.05) is 6.42 Å². The molecule has 19 heavy (non-hydrogen) atoms. The molecule has 0 aromatic rings. The number of piperazine rings is 1. The van der Waals surface area contributed by atoms with E-state index in [1.807, 2.05) is 4.90 Å². The molecular weight excluding hydrogens is 240 g/mol. The molecule has 2 N–H and O–H groups in total. The van der Waals surface area contributed by atoms with Crippen LogP contribution in [0.5, 0.6) is 0 Å². The molecule has 0 bridgehead atoms. The molecule has 0 atom stereocenters. The Morgan fingerprint density at radius 3 is 2.26 bits per heavy atom. The lowest BCUT2D eigenvalue weighted by molar-refractivity contribution is -0.148. The van der Waals surface area contributed by atoms with Gasteiger partial charge in [-0.15, -0.1) is 0 Å². The second-order valence-electron chi connectivity index (χ2n) is 6.28. The van der Waals surface area contributed by atoms with Crippen molar-refractivity contribution in [2.75, 3.05) is 59.9 Å². The van der Waals surface area contributed by atoms with E-state index in [9.17, 15) is 4.79 Å². The summed E-state index contributed by atoms with van der Waals surface area (Å²) in [6.45, 7) is 6.44. The second kappa shape index (κ2) is 6.20. The van der Waals surface area contributed by atoms with E-state index in [-0.39, 0.29) is 5.41 Å². The monoisotopic (exact) mass is 268 g/mol. The van der Waals surface area contributed by atoms with E-state index in [2.05, 4.69) is 23.9 Å². The third kappa shape index (κ3) is 3.27. The van der Waals surface area contributed by atoms with Gasteiger partial charge in [0, 0.05) is 45.8 Å². The molecule has 0 spiro atoms. The van der Waals surface area contributed by atoms with Gasteiger partial charge in [0.15, 0.2) is 0 Å². The number of nitrogens with two attached hydrogens (primary N) is 1. The topological polar surface area (TPSA) is 52.8 Å². The molecule has 110 valence electrons. The van der Waals surface area contributed by atoms with Crippen molar-refractivity contribution in [2.24, 2.45) is 11.1 Å². The molecule has 1 heterocycles. The summed E-state index contributed by atoms with van der Waals surface area (Å²) in [5, 5.41) is 0. The molecule has 5 heteroatoms. The highest BCUT2D eigenvalue weighted by Crippen LogP contribution is 2.41. The van der Waals surface area contributed by atoms with Gasteiger partial charge in [-0.05, 0) is 26.9 Å². The molecule has 1 amide bonds. The van der Waals surface area contributed by atoms with Gasteiger partial charge >= 0.3 is 0 Å². The summed E-state index contributed by atoms with van der Waals surface area (Å²) in [4.78, 5) is 19.2. The third-order valence-corrected chi connectivity index (χ3v) is 4.68. The van der Waals surface area contributed by atoms with Crippen LogP contribution in [0, 0.1) is 5.41 Å². The quantitative estimate of drug-likeness (QED) is 0.752. The fourth-order valence-corrected chi connectivity index (χ4v) is 2.96. The largest absolute Gasteiger partial charge is 0.340 e. The van der Waals surface area contributed by atoms with Crippen LogP contribution >= 0.6 is 0 Å². The summed E-state index contributed by atoms with van der Waals surface area (Å²) in [6.07, 6.45) is 3.14. The van der Waals surface area contributed by atoms with Crippen LogP contribution in [-0.2, 0) is 4.79 Å². The molecule has 1 aliphatic heterocycles. The standard InChI is InChI=1S/C14H28N4O/c1-16(2)6-7-17-8-10-18(11-9-17)13(19)14(12-15)4-3-5-14/h3-12,15H2,1-2H3. The minimum absolute atomic E-state index is 0.203. The Morgan fingerprint density at radius 1 is 1.21 bits per heavy atom. The maximum absolute atomic E-state index is 12.5. The third-order valence-electron chi connectivity index (χ3n) is 4.68. The fraction of sp³-hybridized carbons (Fsp3) is 0.929. The zero-order chi connectivity index (χ0) is 13.9. The molecule has 0 radical (unpaired) electrons. The molecule has 0 aromatic heterocycles. The van der Waals surface area contributed by atoms with Crippen molar-refractivity contribution >= 4 is 5.91 Å². The minimum Gasteiger partial charge on any atom is -0.340 e. The molecule has 0 aromatic carbocycles. The Morgan fingerprint density at radius 2 is 1.84 bits per heavy atom. The summed E-state index contributed by atoms with van der Waals surface area (Å²) in [5.74, 6) is 0.313. The summed E-state index contributed by atoms with van der Waals surface area (Å²) < 4.78 is 0. The summed E-state index contributed by atoms with van der Waals surface area (Å²) in [6, 6.07) is 0. The number of likely N-dealkylation sites (N-methyl/N-ethyl adjacent to an activating group) is 1. The van der Waals surface area contributed by atoms with Crippen molar-refractivity contribution < 1.29 is 4.79 Å². The van der Waals surface area contributed by atoms with Gasteiger partial charge in [0.1, 0.15) is 0 Å². The first kappa shape index (κ1) is 14.8. The molecule has 0 unspecified atom stereocenters. The minimum atomic E-state index is -0.203. The Balaban J connectivity index is 1.78. The van der Waals surface area contributed by atoms with Gasteiger partial charge in [0.25, 0.3) is 0 Å². The van der Waals surface area contributed by atoms with Crippen molar-refractivity contribution in [2.45, 2.75) is 19.3 Å². The maximum atomic E-state index is 12.5. The van der Waals surface area contributed by atoms with Crippen LogP contribution in [0.3, 0.4) is 0 Å². The average Bonchev–Trinajstić information content (AvgIpc) is 2.36. The SMILES string of the molecule is CN(C)CCN1CCN(C(=O)C2(CN)CCC2)CC1. The number of nitrogens with zero attached hydrogens (tertiary/aromatic N) is 3. The van der Waals surface area contributed by atoms with E-state index >= 15 is 0 Å². The maximum Gasteiger partial charge on any atom is 0.230 e. The molecule has 1 saturated heterocycles. The number of hydrogen-bond donors (Lipinski definition) is 1. The van der Waals surface area contributed by atoms with Gasteiger partial charge in [-0.2, -0.15) is 0 Å². The molecule has 1 saturated carbocycles. The normalized spacial score (nSPS) is 23.5. The first-order valence-corrected chi connectivity index (χ1v) is 7.44. The Kier molecular flexibility index (Phi) is 4.81. The number of carbonyl (C=O) groups is 1. The Labute approximate surface area is 116 Å². The average molecular weight is 268 g/mol. The van der Waals surface area contributed by atoms with Crippen LogP contribution in [0.4, 0.5) is 0 Å². The first-order valence-electron chi connectivity index (χ1n) is 7.44. The lowest BCUT2D eigenvalue weighted by Crippen LogP contribution is -2.57. The van der Waals surface area contributed by atoms with Crippen molar-refractivity contribution in [1.29, 1.82) is 0 Å². The predicted molar refractivity (Wildman–Crippen MR) is 76.9 cm³/mol. The van der Waals surface area contributed by atoms with Crippen molar-refractivity contribution in [3.05, 3.63) is 0 Å². The number of carbonyl (C=O) groups excluding carboxylic acids is 1. The number of rotatable bonds is 5. The highest BCUT2D eigenvalue weighted by molar-refractivity contribution is 5.84. The van der Waals surface area contributed by atoms with Crippen LogP contribution in [0.2, 0.25) is 0 Å². The zero-order valence-corrected chi connectivity index (χ0v) is 12.4. The number of amides is 1. The van der Waals surface area contributed by atoms with Crippen LogP contribution in [0.25, 0.3) is 0 Å². The van der Waals surface area contributed by atoms with Crippen molar-refractivity contribution in [3.8, 4) is 0 Å². The van der Waals surface area contributed by atoms with Crippen molar-refractivity contribution in [1.82, 2.24) is 14.7 Å². The predicted octanol–water partition coefficient (Wildman–Crippen LogP) is -0.179. The van der Waals surface area contributed by atoms with Gasteiger partial charge in [-0.25, -0.2) is 0 Å². The van der Waals surface area contributed by atoms with E-state index in [1.165, 1.54) is 0 Å². The van der Waals surface area contributed by atoms with Gasteiger partial charge in [0.2, 0.25) is 5.91 Å². The molecule has 1 aliphatic carbocycles. The lowest BCUT2D eigenvalue weighted by atomic mass is 9.67. The van der Waals surface area contributed by atoms with Gasteiger partial charge < -0.3 is 15.5 Å². The number of hydrogen-bond acceptors (Lipinski definition) is 4. The van der Waals surface area contributed by atoms with Crippen LogP contribution in [0.15, 0.2) is 0 Å². The summed E-state index contributed by atoms with van der Waals surface area (Å²) in [5.41, 5.74) is 5.62. The van der Waals surface area contributed by atoms with Crippen LogP contribution in [0.1, 0.15) is 19.3 Å². The van der Waals surface area contributed by atoms with Gasteiger partial charge in [0.05, 0.1) is 5.41 Å². The van der Waals surface area contributed by atoms with E-state index in [0.717, 1.165) is 58.5 Å². The summed E-state index contributed by atoms with van der Waals surface area (Å²) in [7, 11) is 4.20. The zero-order valence-electron chi connectivity index (χ0n) is 12.4.